The molecular formula is C13H24N2O4. The lowest BCUT2D eigenvalue weighted by atomic mass is 10.1. The summed E-state index contributed by atoms with van der Waals surface area (Å²) in [6.45, 7) is 10.3. The SMILES string of the molecule is CC1CN(C(=O)OC(C)(C)C)CC(C)N1CC(=O)O. The quantitative estimate of drug-likeness (QED) is 0.823. The molecule has 1 saturated heterocycles. The second-order valence-corrected chi connectivity index (χ2v) is 6.15. The van der Waals surface area contributed by atoms with Crippen LogP contribution in [0.15, 0.2) is 0 Å². The second kappa shape index (κ2) is 5.77. The number of piperazine rings is 1. The lowest BCUT2D eigenvalue weighted by Gasteiger charge is -2.43. The zero-order valence-corrected chi connectivity index (χ0v) is 12.3. The van der Waals surface area contributed by atoms with Crippen LogP contribution < -0.4 is 0 Å². The molecule has 1 N–H and O–H groups in total. The van der Waals surface area contributed by atoms with Gasteiger partial charge in [-0.3, -0.25) is 9.69 Å². The van der Waals surface area contributed by atoms with Crippen molar-refractivity contribution < 1.29 is 19.4 Å². The van der Waals surface area contributed by atoms with E-state index >= 15 is 0 Å². The van der Waals surface area contributed by atoms with Crippen molar-refractivity contribution >= 4 is 12.1 Å². The number of ether oxygens (including phenoxy) is 1. The second-order valence-electron chi connectivity index (χ2n) is 6.15. The Labute approximate surface area is 114 Å². The molecule has 0 aromatic carbocycles. The molecule has 0 radical (unpaired) electrons. The predicted molar refractivity (Wildman–Crippen MR) is 71.1 cm³/mol. The maximum atomic E-state index is 12.0. The number of amides is 1. The van der Waals surface area contributed by atoms with Gasteiger partial charge in [0.25, 0.3) is 0 Å². The number of aliphatic carboxylic acids is 1. The number of carboxylic acids is 1. The molecule has 0 bridgehead atoms. The monoisotopic (exact) mass is 272 g/mol. The molecule has 1 fully saturated rings. The highest BCUT2D eigenvalue weighted by atomic mass is 16.6. The molecule has 6 heteroatoms. The average molecular weight is 272 g/mol. The van der Waals surface area contributed by atoms with Gasteiger partial charge in [-0.05, 0) is 34.6 Å². The molecule has 2 atom stereocenters. The van der Waals surface area contributed by atoms with Gasteiger partial charge in [-0.25, -0.2) is 4.79 Å². The van der Waals surface area contributed by atoms with Gasteiger partial charge in [0.15, 0.2) is 0 Å². The Bertz CT molecular complexity index is 339. The fourth-order valence-electron chi connectivity index (χ4n) is 2.30. The van der Waals surface area contributed by atoms with Crippen LogP contribution in [0.4, 0.5) is 4.79 Å². The van der Waals surface area contributed by atoms with Crippen molar-refractivity contribution in [1.82, 2.24) is 9.80 Å². The Balaban J connectivity index is 2.64. The first-order valence-corrected chi connectivity index (χ1v) is 6.55. The first-order chi connectivity index (χ1) is 8.60. The van der Waals surface area contributed by atoms with Gasteiger partial charge in [0.1, 0.15) is 5.60 Å². The molecule has 1 heterocycles. The predicted octanol–water partition coefficient (Wildman–Crippen LogP) is 1.40. The molecule has 1 amide bonds. The minimum absolute atomic E-state index is 0.00446. The summed E-state index contributed by atoms with van der Waals surface area (Å²) < 4.78 is 5.34. The van der Waals surface area contributed by atoms with Crippen LogP contribution in [0, 0.1) is 0 Å². The minimum atomic E-state index is -0.843. The highest BCUT2D eigenvalue weighted by Gasteiger charge is 2.34. The largest absolute Gasteiger partial charge is 0.480 e. The number of carboxylic acid groups (broad SMARTS) is 1. The van der Waals surface area contributed by atoms with Crippen molar-refractivity contribution in [2.24, 2.45) is 0 Å². The fourth-order valence-corrected chi connectivity index (χ4v) is 2.30. The van der Waals surface area contributed by atoms with Crippen molar-refractivity contribution in [3.63, 3.8) is 0 Å². The van der Waals surface area contributed by atoms with Crippen LogP contribution in [0.2, 0.25) is 0 Å². The van der Waals surface area contributed by atoms with E-state index < -0.39 is 11.6 Å². The van der Waals surface area contributed by atoms with Crippen molar-refractivity contribution in [3.05, 3.63) is 0 Å². The van der Waals surface area contributed by atoms with Gasteiger partial charge < -0.3 is 14.7 Å². The maximum Gasteiger partial charge on any atom is 0.410 e. The Hall–Kier alpha value is -1.30. The molecule has 6 nitrogen and oxygen atoms in total. The van der Waals surface area contributed by atoms with Gasteiger partial charge in [0.2, 0.25) is 0 Å². The van der Waals surface area contributed by atoms with E-state index in [9.17, 15) is 9.59 Å². The van der Waals surface area contributed by atoms with Gasteiger partial charge in [-0.15, -0.1) is 0 Å². The van der Waals surface area contributed by atoms with E-state index in [1.807, 2.05) is 39.5 Å². The summed E-state index contributed by atoms with van der Waals surface area (Å²) >= 11 is 0. The molecule has 0 aromatic heterocycles. The van der Waals surface area contributed by atoms with Crippen LogP contribution in [0.3, 0.4) is 0 Å². The van der Waals surface area contributed by atoms with Gasteiger partial charge in [0, 0.05) is 25.2 Å². The Morgan fingerprint density at radius 3 is 2.05 bits per heavy atom. The van der Waals surface area contributed by atoms with E-state index in [2.05, 4.69) is 0 Å². The van der Waals surface area contributed by atoms with Crippen LogP contribution in [-0.4, -0.2) is 64.3 Å². The lowest BCUT2D eigenvalue weighted by molar-refractivity contribution is -0.140. The van der Waals surface area contributed by atoms with E-state index in [-0.39, 0.29) is 24.7 Å². The molecule has 1 aliphatic rings. The van der Waals surface area contributed by atoms with E-state index in [1.165, 1.54) is 0 Å². The summed E-state index contributed by atoms with van der Waals surface area (Å²) in [7, 11) is 0. The molecule has 0 aliphatic carbocycles. The number of carbonyl (C=O) groups is 2. The van der Waals surface area contributed by atoms with E-state index in [4.69, 9.17) is 9.84 Å². The first kappa shape index (κ1) is 15.8. The fraction of sp³-hybridized carbons (Fsp3) is 0.846. The molecule has 1 rings (SSSR count). The third-order valence-electron chi connectivity index (χ3n) is 3.07. The maximum absolute atomic E-state index is 12.0. The third-order valence-corrected chi connectivity index (χ3v) is 3.07. The Morgan fingerprint density at radius 1 is 1.21 bits per heavy atom. The highest BCUT2D eigenvalue weighted by molar-refractivity contribution is 5.70. The van der Waals surface area contributed by atoms with Crippen molar-refractivity contribution in [2.75, 3.05) is 19.6 Å². The average Bonchev–Trinajstić information content (AvgIpc) is 2.20. The summed E-state index contributed by atoms with van der Waals surface area (Å²) in [5.74, 6) is -0.843. The normalized spacial score (nSPS) is 25.2. The molecule has 2 unspecified atom stereocenters. The van der Waals surface area contributed by atoms with Crippen LogP contribution in [0.1, 0.15) is 34.6 Å². The van der Waals surface area contributed by atoms with Crippen LogP contribution >= 0.6 is 0 Å². The van der Waals surface area contributed by atoms with Gasteiger partial charge in [-0.1, -0.05) is 0 Å². The highest BCUT2D eigenvalue weighted by Crippen LogP contribution is 2.18. The van der Waals surface area contributed by atoms with E-state index in [0.717, 1.165) is 0 Å². The number of hydrogen-bond acceptors (Lipinski definition) is 4. The van der Waals surface area contributed by atoms with Gasteiger partial charge in [-0.2, -0.15) is 0 Å². The molecule has 0 spiro atoms. The summed E-state index contributed by atoms with van der Waals surface area (Å²) in [6, 6.07) is 0.0136. The minimum Gasteiger partial charge on any atom is -0.480 e. The Kier molecular flexibility index (Phi) is 4.79. The summed E-state index contributed by atoms with van der Waals surface area (Å²) in [5.41, 5.74) is -0.512. The van der Waals surface area contributed by atoms with Crippen molar-refractivity contribution in [3.8, 4) is 0 Å². The smallest absolute Gasteiger partial charge is 0.410 e. The third kappa shape index (κ3) is 4.70. The van der Waals surface area contributed by atoms with E-state index in [0.29, 0.717) is 13.1 Å². The molecule has 0 saturated carbocycles. The number of carbonyl (C=O) groups excluding carboxylic acids is 1. The summed E-state index contributed by atoms with van der Waals surface area (Å²) in [5, 5.41) is 8.88. The number of hydrogen-bond donors (Lipinski definition) is 1. The number of rotatable bonds is 2. The van der Waals surface area contributed by atoms with Crippen LogP contribution in [0.25, 0.3) is 0 Å². The first-order valence-electron chi connectivity index (χ1n) is 6.55. The summed E-state index contributed by atoms with van der Waals surface area (Å²) in [4.78, 5) is 26.4. The molecule has 110 valence electrons. The van der Waals surface area contributed by atoms with Crippen molar-refractivity contribution in [1.29, 1.82) is 0 Å². The van der Waals surface area contributed by atoms with E-state index in [1.54, 1.807) is 4.90 Å². The topological polar surface area (TPSA) is 70.1 Å². The van der Waals surface area contributed by atoms with Crippen molar-refractivity contribution in [2.45, 2.75) is 52.3 Å². The molecule has 0 aromatic rings. The molecular weight excluding hydrogens is 248 g/mol. The lowest BCUT2D eigenvalue weighted by Crippen LogP contribution is -2.59. The molecule has 1 aliphatic heterocycles. The molecule has 19 heavy (non-hydrogen) atoms. The zero-order chi connectivity index (χ0) is 14.8. The zero-order valence-electron chi connectivity index (χ0n) is 12.3. The Morgan fingerprint density at radius 2 is 1.68 bits per heavy atom. The number of nitrogens with zero attached hydrogens (tertiary/aromatic N) is 2. The van der Waals surface area contributed by atoms with Crippen LogP contribution in [0.5, 0.6) is 0 Å². The summed E-state index contributed by atoms with van der Waals surface area (Å²) in [6.07, 6.45) is -0.332. The van der Waals surface area contributed by atoms with Gasteiger partial charge in [0.05, 0.1) is 6.54 Å². The standard InChI is InChI=1S/C13H24N2O4/c1-9-6-14(12(18)19-13(3,4)5)7-10(2)15(9)8-11(16)17/h9-10H,6-8H2,1-5H3,(H,16,17). The van der Waals surface area contributed by atoms with Crippen LogP contribution in [-0.2, 0) is 9.53 Å². The van der Waals surface area contributed by atoms with Gasteiger partial charge >= 0.3 is 12.1 Å².